The minimum atomic E-state index is -5.30. The molecule has 2 atom stereocenters. The first-order chi connectivity index (χ1) is 10.3. The van der Waals surface area contributed by atoms with Gasteiger partial charge in [-0.15, -0.1) is 0 Å². The number of aliphatic hydroxyl groups is 1. The lowest BCUT2D eigenvalue weighted by Crippen LogP contribution is -2.62. The van der Waals surface area contributed by atoms with E-state index in [0.717, 1.165) is 7.11 Å². The summed E-state index contributed by atoms with van der Waals surface area (Å²) in [6, 6.07) is 5.14. The molecule has 0 unspecified atom stereocenters. The Balaban J connectivity index is 3.34. The number of hydrogen-bond acceptors (Lipinski definition) is 4. The van der Waals surface area contributed by atoms with Gasteiger partial charge in [-0.05, 0) is 12.1 Å². The molecule has 0 aliphatic rings. The average Bonchev–Trinajstić information content (AvgIpc) is 2.49. The van der Waals surface area contributed by atoms with Crippen molar-refractivity contribution in [1.82, 2.24) is 5.32 Å². The Kier molecular flexibility index (Phi) is 5.54. The van der Waals surface area contributed by atoms with Crippen molar-refractivity contribution in [2.45, 2.75) is 17.8 Å². The van der Waals surface area contributed by atoms with Crippen molar-refractivity contribution < 1.29 is 32.6 Å². The molecule has 22 heavy (non-hydrogen) atoms. The molecule has 8 heteroatoms. The van der Waals surface area contributed by atoms with E-state index in [4.69, 9.17) is 0 Å². The molecule has 1 aromatic rings. The van der Waals surface area contributed by atoms with Crippen LogP contribution in [-0.4, -0.2) is 42.4 Å². The first-order valence-electron chi connectivity index (χ1n) is 5.91. The van der Waals surface area contributed by atoms with Crippen LogP contribution in [0.25, 0.3) is 0 Å². The molecule has 0 radical (unpaired) electrons. The molecule has 0 heterocycles. The first kappa shape index (κ1) is 17.5. The van der Waals surface area contributed by atoms with Crippen molar-refractivity contribution >= 4 is 12.4 Å². The molecule has 0 aliphatic carbocycles. The predicted molar refractivity (Wildman–Crippen MR) is 69.3 cm³/mol. The van der Waals surface area contributed by atoms with Crippen molar-refractivity contribution in [1.29, 1.82) is 0 Å². The van der Waals surface area contributed by atoms with E-state index >= 15 is 0 Å². The van der Waals surface area contributed by atoms with Gasteiger partial charge in [-0.3, -0.25) is 4.79 Å². The maximum Gasteiger partial charge on any atom is 0.431 e. The number of amides is 1. The van der Waals surface area contributed by atoms with Crippen LogP contribution in [0.15, 0.2) is 30.3 Å². The third-order valence-corrected chi connectivity index (χ3v) is 2.69. The maximum absolute atomic E-state index is 13.2. The van der Waals surface area contributed by atoms with Crippen LogP contribution in [0.1, 0.15) is 5.56 Å². The number of methoxy groups -OCH3 is 1. The predicted octanol–water partition coefficient (Wildman–Crippen LogP) is 0.619. The normalized spacial score (nSPS) is 14.8. The van der Waals surface area contributed by atoms with Gasteiger partial charge in [-0.1, -0.05) is 30.0 Å². The van der Waals surface area contributed by atoms with Gasteiger partial charge in [0.2, 0.25) is 6.41 Å². The Morgan fingerprint density at radius 2 is 1.95 bits per heavy atom. The Hall–Kier alpha value is -2.53. The number of halogens is 3. The number of esters is 1. The summed E-state index contributed by atoms with van der Waals surface area (Å²) >= 11 is 0. The summed E-state index contributed by atoms with van der Waals surface area (Å²) in [6.45, 7) is 0. The second-order valence-corrected chi connectivity index (χ2v) is 4.12. The standard InChI is InChI=1S/C14H12F3NO4/c1-22-12(20)11(18-9-19)13(21,14(15,16)17)8-7-10-5-3-2-4-6-10/h2-6,9,11,21H,1H3,(H,18,19)/t11-,13+/m0/s1. The molecule has 0 bridgehead atoms. The first-order valence-corrected chi connectivity index (χ1v) is 5.91. The summed E-state index contributed by atoms with van der Waals surface area (Å²) in [7, 11) is 0.823. The molecule has 0 saturated heterocycles. The SMILES string of the molecule is COC(=O)[C@H](NC=O)[C@](O)(C#Cc1ccccc1)C(F)(F)F. The molecule has 0 aromatic heterocycles. The van der Waals surface area contributed by atoms with Gasteiger partial charge in [0.05, 0.1) is 7.11 Å². The van der Waals surface area contributed by atoms with Gasteiger partial charge in [-0.25, -0.2) is 4.79 Å². The summed E-state index contributed by atoms with van der Waals surface area (Å²) in [4.78, 5) is 21.9. The van der Waals surface area contributed by atoms with Gasteiger partial charge in [-0.2, -0.15) is 13.2 Å². The van der Waals surface area contributed by atoms with Crippen LogP contribution < -0.4 is 5.32 Å². The summed E-state index contributed by atoms with van der Waals surface area (Å²) < 4.78 is 43.7. The van der Waals surface area contributed by atoms with E-state index in [1.54, 1.807) is 17.3 Å². The summed E-state index contributed by atoms with van der Waals surface area (Å²) in [5.74, 6) is 2.26. The lowest BCUT2D eigenvalue weighted by molar-refractivity contribution is -0.246. The van der Waals surface area contributed by atoms with Crippen LogP contribution in [0.3, 0.4) is 0 Å². The zero-order valence-electron chi connectivity index (χ0n) is 11.3. The molecule has 118 valence electrons. The van der Waals surface area contributed by atoms with Crippen molar-refractivity contribution in [2.75, 3.05) is 7.11 Å². The van der Waals surface area contributed by atoms with E-state index in [9.17, 15) is 27.9 Å². The van der Waals surface area contributed by atoms with E-state index in [1.165, 1.54) is 24.3 Å². The fourth-order valence-corrected chi connectivity index (χ4v) is 1.54. The Labute approximate surface area is 124 Å². The van der Waals surface area contributed by atoms with E-state index in [2.05, 4.69) is 10.7 Å². The Morgan fingerprint density at radius 1 is 1.36 bits per heavy atom. The average molecular weight is 315 g/mol. The summed E-state index contributed by atoms with van der Waals surface area (Å²) in [5.41, 5.74) is -3.60. The van der Waals surface area contributed by atoms with Gasteiger partial charge in [0.1, 0.15) is 0 Å². The monoisotopic (exact) mass is 315 g/mol. The zero-order valence-corrected chi connectivity index (χ0v) is 11.3. The molecule has 0 fully saturated rings. The summed E-state index contributed by atoms with van der Waals surface area (Å²) in [6.07, 6.45) is -5.45. The van der Waals surface area contributed by atoms with E-state index in [-0.39, 0.29) is 12.0 Å². The number of rotatable bonds is 4. The fourth-order valence-electron chi connectivity index (χ4n) is 1.54. The highest BCUT2D eigenvalue weighted by atomic mass is 19.4. The minimum absolute atomic E-state index is 0.150. The minimum Gasteiger partial charge on any atom is -0.467 e. The van der Waals surface area contributed by atoms with E-state index in [1.807, 2.05) is 0 Å². The van der Waals surface area contributed by atoms with Crippen LogP contribution in [0.4, 0.5) is 13.2 Å². The number of benzene rings is 1. The number of hydrogen-bond donors (Lipinski definition) is 2. The van der Waals surface area contributed by atoms with Gasteiger partial charge >= 0.3 is 12.1 Å². The largest absolute Gasteiger partial charge is 0.467 e. The molecular weight excluding hydrogens is 303 g/mol. The molecule has 2 N–H and O–H groups in total. The lowest BCUT2D eigenvalue weighted by atomic mass is 9.93. The Morgan fingerprint density at radius 3 is 2.41 bits per heavy atom. The fraction of sp³-hybridized carbons (Fsp3) is 0.286. The number of nitrogens with one attached hydrogen (secondary N) is 1. The van der Waals surface area contributed by atoms with Gasteiger partial charge in [0, 0.05) is 5.56 Å². The molecular formula is C14H12F3NO4. The molecule has 1 aromatic carbocycles. The van der Waals surface area contributed by atoms with Crippen LogP contribution in [0, 0.1) is 11.8 Å². The molecule has 5 nitrogen and oxygen atoms in total. The Bertz CT molecular complexity index is 592. The van der Waals surface area contributed by atoms with Gasteiger partial charge in [0.15, 0.2) is 6.04 Å². The van der Waals surface area contributed by atoms with Crippen molar-refractivity contribution in [3.63, 3.8) is 0 Å². The quantitative estimate of drug-likeness (QED) is 0.485. The van der Waals surface area contributed by atoms with Crippen molar-refractivity contribution in [3.8, 4) is 11.8 Å². The molecule has 1 amide bonds. The third kappa shape index (κ3) is 3.77. The highest BCUT2D eigenvalue weighted by molar-refractivity contribution is 5.81. The smallest absolute Gasteiger partial charge is 0.431 e. The number of carbonyl (C=O) groups excluding carboxylic acids is 2. The van der Waals surface area contributed by atoms with E-state index < -0.39 is 23.8 Å². The molecule has 0 aliphatic heterocycles. The lowest BCUT2D eigenvalue weighted by Gasteiger charge is -2.31. The number of ether oxygens (including phenoxy) is 1. The van der Waals surface area contributed by atoms with Crippen LogP contribution in [0.2, 0.25) is 0 Å². The second-order valence-electron chi connectivity index (χ2n) is 4.12. The van der Waals surface area contributed by atoms with Crippen LogP contribution >= 0.6 is 0 Å². The number of carbonyl (C=O) groups is 2. The van der Waals surface area contributed by atoms with Gasteiger partial charge < -0.3 is 15.2 Å². The molecule has 0 spiro atoms. The van der Waals surface area contributed by atoms with Gasteiger partial charge in [0.25, 0.3) is 5.60 Å². The van der Waals surface area contributed by atoms with E-state index in [0.29, 0.717) is 0 Å². The summed E-state index contributed by atoms with van der Waals surface area (Å²) in [5, 5.41) is 11.5. The second kappa shape index (κ2) is 6.95. The third-order valence-electron chi connectivity index (χ3n) is 2.69. The molecule has 0 saturated carbocycles. The zero-order chi connectivity index (χ0) is 16.8. The maximum atomic E-state index is 13.2. The molecule has 1 rings (SSSR count). The highest BCUT2D eigenvalue weighted by Gasteiger charge is 2.61. The van der Waals surface area contributed by atoms with Crippen molar-refractivity contribution in [3.05, 3.63) is 35.9 Å². The van der Waals surface area contributed by atoms with Crippen LogP contribution in [0.5, 0.6) is 0 Å². The highest BCUT2D eigenvalue weighted by Crippen LogP contribution is 2.33. The number of alkyl halides is 3. The van der Waals surface area contributed by atoms with Crippen molar-refractivity contribution in [2.24, 2.45) is 0 Å². The topological polar surface area (TPSA) is 75.6 Å². The van der Waals surface area contributed by atoms with Crippen LogP contribution in [-0.2, 0) is 14.3 Å².